The van der Waals surface area contributed by atoms with Crippen LogP contribution in [0.1, 0.15) is 50.5 Å². The monoisotopic (exact) mass is 422 g/mol. The van der Waals surface area contributed by atoms with E-state index < -0.39 is 46.9 Å². The van der Waals surface area contributed by atoms with E-state index in [4.69, 9.17) is 4.74 Å². The van der Waals surface area contributed by atoms with Gasteiger partial charge in [0.1, 0.15) is 12.1 Å². The standard InChI is InChI=1S/C24H26N2O5/c1-23(2,3)31-18(27)13-26-22(30)19-20(28)16-11-14(15-7-6-10-25-12-15)8-9-17(16)24(4,5)21(19)29/h6-12,19H,13H2,1-5H3,(H,26,30). The van der Waals surface area contributed by atoms with E-state index in [9.17, 15) is 19.2 Å². The van der Waals surface area contributed by atoms with E-state index in [0.29, 0.717) is 11.1 Å². The first-order chi connectivity index (χ1) is 14.4. The van der Waals surface area contributed by atoms with Crippen LogP contribution in [0.3, 0.4) is 0 Å². The van der Waals surface area contributed by atoms with E-state index >= 15 is 0 Å². The highest BCUT2D eigenvalue weighted by Crippen LogP contribution is 2.38. The molecule has 7 nitrogen and oxygen atoms in total. The molecule has 1 aliphatic carbocycles. The molecule has 1 atom stereocenters. The summed E-state index contributed by atoms with van der Waals surface area (Å²) in [6, 6.07) is 8.93. The Morgan fingerprint density at radius 3 is 2.45 bits per heavy atom. The summed E-state index contributed by atoms with van der Waals surface area (Å²) in [4.78, 5) is 55.1. The topological polar surface area (TPSA) is 102 Å². The van der Waals surface area contributed by atoms with E-state index in [2.05, 4.69) is 10.3 Å². The minimum atomic E-state index is -1.52. The Morgan fingerprint density at radius 2 is 1.84 bits per heavy atom. The molecule has 7 heteroatoms. The summed E-state index contributed by atoms with van der Waals surface area (Å²) >= 11 is 0. The van der Waals surface area contributed by atoms with Gasteiger partial charge in [-0.1, -0.05) is 18.2 Å². The molecule has 3 rings (SSSR count). The Kier molecular flexibility index (Phi) is 5.81. The Balaban J connectivity index is 1.90. The molecule has 0 bridgehead atoms. The van der Waals surface area contributed by atoms with E-state index in [0.717, 1.165) is 11.1 Å². The number of ketones is 2. The second-order valence-corrected chi connectivity index (χ2v) is 9.09. The number of carbonyl (C=O) groups excluding carboxylic acids is 4. The van der Waals surface area contributed by atoms with Crippen molar-refractivity contribution >= 4 is 23.4 Å². The van der Waals surface area contributed by atoms with Crippen molar-refractivity contribution in [2.45, 2.75) is 45.6 Å². The molecule has 0 fully saturated rings. The fourth-order valence-corrected chi connectivity index (χ4v) is 3.65. The number of aromatic nitrogens is 1. The van der Waals surface area contributed by atoms with E-state index in [1.807, 2.05) is 12.1 Å². The van der Waals surface area contributed by atoms with Crippen LogP contribution in [0.25, 0.3) is 11.1 Å². The molecule has 1 heterocycles. The minimum Gasteiger partial charge on any atom is -0.459 e. The van der Waals surface area contributed by atoms with Crippen LogP contribution in [-0.2, 0) is 24.5 Å². The number of fused-ring (bicyclic) bond motifs is 1. The number of hydrogen-bond donors (Lipinski definition) is 1. The second-order valence-electron chi connectivity index (χ2n) is 9.09. The number of hydrogen-bond acceptors (Lipinski definition) is 6. The highest BCUT2D eigenvalue weighted by atomic mass is 16.6. The zero-order valence-corrected chi connectivity index (χ0v) is 18.3. The smallest absolute Gasteiger partial charge is 0.325 e. The number of rotatable bonds is 4. The highest BCUT2D eigenvalue weighted by Gasteiger charge is 2.49. The van der Waals surface area contributed by atoms with Crippen molar-refractivity contribution in [1.82, 2.24) is 10.3 Å². The number of carbonyl (C=O) groups is 4. The molecule has 0 radical (unpaired) electrons. The lowest BCUT2D eigenvalue weighted by atomic mass is 9.66. The molecule has 31 heavy (non-hydrogen) atoms. The van der Waals surface area contributed by atoms with Gasteiger partial charge in [0.05, 0.1) is 5.41 Å². The summed E-state index contributed by atoms with van der Waals surface area (Å²) in [5, 5.41) is 2.39. The highest BCUT2D eigenvalue weighted by molar-refractivity contribution is 6.29. The van der Waals surface area contributed by atoms with Gasteiger partial charge in [0.25, 0.3) is 0 Å². The summed E-state index contributed by atoms with van der Waals surface area (Å²) in [5.74, 6) is -4.04. The summed E-state index contributed by atoms with van der Waals surface area (Å²) in [7, 11) is 0. The molecule has 1 aromatic heterocycles. The third kappa shape index (κ3) is 4.55. The van der Waals surface area contributed by atoms with Gasteiger partial charge in [-0.25, -0.2) is 0 Å². The van der Waals surface area contributed by atoms with Crippen LogP contribution in [0.2, 0.25) is 0 Å². The molecule has 162 valence electrons. The first-order valence-corrected chi connectivity index (χ1v) is 10.0. The van der Waals surface area contributed by atoms with E-state index in [-0.39, 0.29) is 0 Å². The van der Waals surface area contributed by atoms with Crippen LogP contribution in [0.4, 0.5) is 0 Å². The van der Waals surface area contributed by atoms with Crippen molar-refractivity contribution in [2.24, 2.45) is 5.92 Å². The van der Waals surface area contributed by atoms with Crippen LogP contribution in [-0.4, -0.2) is 40.6 Å². The summed E-state index contributed by atoms with van der Waals surface area (Å²) < 4.78 is 5.16. The minimum absolute atomic E-state index is 0.323. The van der Waals surface area contributed by atoms with Crippen LogP contribution in [0.15, 0.2) is 42.7 Å². The van der Waals surface area contributed by atoms with Crippen molar-refractivity contribution in [3.8, 4) is 11.1 Å². The van der Waals surface area contributed by atoms with Crippen LogP contribution in [0.5, 0.6) is 0 Å². The van der Waals surface area contributed by atoms with Crippen LogP contribution < -0.4 is 5.32 Å². The van der Waals surface area contributed by atoms with E-state index in [1.165, 1.54) is 0 Å². The quantitative estimate of drug-likeness (QED) is 0.600. The molecular weight excluding hydrogens is 396 g/mol. The fourth-order valence-electron chi connectivity index (χ4n) is 3.65. The van der Waals surface area contributed by atoms with Crippen molar-refractivity contribution in [2.75, 3.05) is 6.54 Å². The summed E-state index contributed by atoms with van der Waals surface area (Å²) in [6.45, 7) is 8.09. The van der Waals surface area contributed by atoms with Crippen molar-refractivity contribution < 1.29 is 23.9 Å². The van der Waals surface area contributed by atoms with Gasteiger partial charge in [0, 0.05) is 23.5 Å². The Bertz CT molecular complexity index is 1050. The second kappa shape index (κ2) is 8.06. The Hall–Kier alpha value is -3.35. The number of nitrogens with one attached hydrogen (secondary N) is 1. The van der Waals surface area contributed by atoms with Crippen molar-refractivity contribution in [3.63, 3.8) is 0 Å². The zero-order valence-electron chi connectivity index (χ0n) is 18.3. The predicted molar refractivity (Wildman–Crippen MR) is 114 cm³/mol. The first-order valence-electron chi connectivity index (χ1n) is 10.0. The molecule has 1 amide bonds. The summed E-state index contributed by atoms with van der Waals surface area (Å²) in [6.07, 6.45) is 3.33. The third-order valence-corrected chi connectivity index (χ3v) is 5.18. The van der Waals surface area contributed by atoms with Gasteiger partial charge in [-0.15, -0.1) is 0 Å². The Morgan fingerprint density at radius 1 is 1.13 bits per heavy atom. The Labute approximate surface area is 181 Å². The van der Waals surface area contributed by atoms with Gasteiger partial charge >= 0.3 is 5.97 Å². The number of benzene rings is 1. The molecule has 1 aliphatic rings. The van der Waals surface area contributed by atoms with Crippen LogP contribution in [0, 0.1) is 5.92 Å². The molecule has 0 aliphatic heterocycles. The molecule has 2 aromatic rings. The normalized spacial score (nSPS) is 17.6. The number of pyridine rings is 1. The number of esters is 1. The molecule has 1 unspecified atom stereocenters. The molecule has 0 saturated heterocycles. The third-order valence-electron chi connectivity index (χ3n) is 5.18. The van der Waals surface area contributed by atoms with E-state index in [1.54, 1.807) is 65.2 Å². The first kappa shape index (κ1) is 22.3. The number of ether oxygens (including phenoxy) is 1. The van der Waals surface area contributed by atoms with Crippen molar-refractivity contribution in [3.05, 3.63) is 53.9 Å². The van der Waals surface area contributed by atoms with Gasteiger partial charge in [0.15, 0.2) is 17.5 Å². The predicted octanol–water partition coefficient (Wildman–Crippen LogP) is 2.87. The largest absolute Gasteiger partial charge is 0.459 e. The average Bonchev–Trinajstić information content (AvgIpc) is 2.70. The maximum atomic E-state index is 13.2. The molecule has 0 spiro atoms. The number of Topliss-reactive ketones (excluding diaryl/α,β-unsaturated/α-hetero) is 2. The van der Waals surface area contributed by atoms with Crippen LogP contribution >= 0.6 is 0 Å². The average molecular weight is 422 g/mol. The number of nitrogens with zero attached hydrogens (tertiary/aromatic N) is 1. The molecule has 0 saturated carbocycles. The molecule has 1 aromatic carbocycles. The van der Waals surface area contributed by atoms with Gasteiger partial charge in [-0.2, -0.15) is 0 Å². The van der Waals surface area contributed by atoms with Gasteiger partial charge in [-0.3, -0.25) is 24.2 Å². The lowest BCUT2D eigenvalue weighted by Gasteiger charge is -2.34. The zero-order chi connectivity index (χ0) is 23.0. The molecule has 1 N–H and O–H groups in total. The maximum absolute atomic E-state index is 13.2. The SMILES string of the molecule is CC(C)(C)OC(=O)CNC(=O)C1C(=O)c2cc(-c3cccnc3)ccc2C(C)(C)C1=O. The lowest BCUT2D eigenvalue weighted by molar-refractivity contribution is -0.155. The van der Waals surface area contributed by atoms with Gasteiger partial charge in [0.2, 0.25) is 5.91 Å². The van der Waals surface area contributed by atoms with Crippen molar-refractivity contribution in [1.29, 1.82) is 0 Å². The van der Waals surface area contributed by atoms with Gasteiger partial charge in [-0.05, 0) is 57.9 Å². The fraction of sp³-hybridized carbons (Fsp3) is 0.375. The number of amides is 1. The lowest BCUT2D eigenvalue weighted by Crippen LogP contribution is -2.51. The maximum Gasteiger partial charge on any atom is 0.325 e. The molecular formula is C24H26N2O5. The van der Waals surface area contributed by atoms with Gasteiger partial charge < -0.3 is 10.1 Å². The summed E-state index contributed by atoms with van der Waals surface area (Å²) in [5.41, 5.74) is 0.735.